The molecule has 0 aromatic rings. The van der Waals surface area contributed by atoms with Crippen molar-refractivity contribution in [1.29, 1.82) is 0 Å². The molecule has 112 valence electrons. The highest BCUT2D eigenvalue weighted by Gasteiger charge is 2.51. The Hall–Kier alpha value is -0.660. The van der Waals surface area contributed by atoms with E-state index in [1.165, 1.54) is 11.4 Å². The van der Waals surface area contributed by atoms with Crippen molar-refractivity contribution in [3.05, 3.63) is 0 Å². The van der Waals surface area contributed by atoms with Gasteiger partial charge in [-0.1, -0.05) is 13.3 Å². The zero-order chi connectivity index (χ0) is 14.5. The average molecular weight is 293 g/mol. The predicted molar refractivity (Wildman–Crippen MR) is 71.5 cm³/mol. The van der Waals surface area contributed by atoms with Crippen molar-refractivity contribution < 1.29 is 23.1 Å². The Bertz CT molecular complexity index is 408. The lowest BCUT2D eigenvalue weighted by Crippen LogP contribution is -2.53. The number of carboxylic acid groups (broad SMARTS) is 1. The van der Waals surface area contributed by atoms with Crippen LogP contribution < -0.4 is 0 Å². The van der Waals surface area contributed by atoms with E-state index in [1.807, 2.05) is 6.92 Å². The molecule has 0 aromatic carbocycles. The van der Waals surface area contributed by atoms with E-state index in [-0.39, 0.29) is 5.75 Å². The van der Waals surface area contributed by atoms with Crippen LogP contribution in [0.1, 0.15) is 39.0 Å². The lowest BCUT2D eigenvalue weighted by molar-refractivity contribution is -0.147. The van der Waals surface area contributed by atoms with Gasteiger partial charge in [0.05, 0.1) is 5.75 Å². The normalized spacial score (nSPS) is 24.7. The van der Waals surface area contributed by atoms with E-state index >= 15 is 0 Å². The first-order chi connectivity index (χ1) is 8.90. The molecule has 1 heterocycles. The molecule has 1 rings (SSSR count). The zero-order valence-corrected chi connectivity index (χ0v) is 12.4. The van der Waals surface area contributed by atoms with Crippen LogP contribution in [0.4, 0.5) is 0 Å². The fourth-order valence-electron chi connectivity index (χ4n) is 2.74. The Morgan fingerprint density at radius 1 is 1.47 bits per heavy atom. The highest BCUT2D eigenvalue weighted by atomic mass is 32.2. The van der Waals surface area contributed by atoms with Gasteiger partial charge in [-0.3, -0.25) is 4.79 Å². The first-order valence-corrected chi connectivity index (χ1v) is 8.24. The number of aliphatic carboxylic acids is 1. The number of hydrogen-bond donors (Lipinski definition) is 1. The molecule has 7 heteroatoms. The van der Waals surface area contributed by atoms with Crippen molar-refractivity contribution in [2.75, 3.05) is 26.0 Å². The molecule has 1 fully saturated rings. The minimum atomic E-state index is -3.53. The predicted octanol–water partition coefficient (Wildman–Crippen LogP) is 1.07. The summed E-state index contributed by atoms with van der Waals surface area (Å²) in [4.78, 5) is 11.6. The zero-order valence-electron chi connectivity index (χ0n) is 11.6. The molecule has 0 aromatic heterocycles. The molecule has 0 radical (unpaired) electrons. The van der Waals surface area contributed by atoms with Crippen molar-refractivity contribution in [2.45, 2.75) is 44.6 Å². The Morgan fingerprint density at radius 3 is 2.68 bits per heavy atom. The van der Waals surface area contributed by atoms with Crippen LogP contribution in [0.25, 0.3) is 0 Å². The molecule has 1 N–H and O–H groups in total. The quantitative estimate of drug-likeness (QED) is 0.677. The molecule has 0 amide bonds. The van der Waals surface area contributed by atoms with Crippen LogP contribution in [0.2, 0.25) is 0 Å². The third kappa shape index (κ3) is 3.46. The number of hydrogen-bond acceptors (Lipinski definition) is 4. The number of carbonyl (C=O) groups is 1. The molecule has 6 nitrogen and oxygen atoms in total. The maximum atomic E-state index is 12.3. The minimum Gasteiger partial charge on any atom is -0.480 e. The smallest absolute Gasteiger partial charge is 0.325 e. The molecule has 1 saturated heterocycles. The molecule has 0 aliphatic carbocycles. The van der Waals surface area contributed by atoms with Gasteiger partial charge >= 0.3 is 5.97 Å². The van der Waals surface area contributed by atoms with Gasteiger partial charge in [-0.15, -0.1) is 0 Å². The van der Waals surface area contributed by atoms with Crippen LogP contribution in [0, 0.1) is 0 Å². The largest absolute Gasteiger partial charge is 0.480 e. The summed E-state index contributed by atoms with van der Waals surface area (Å²) in [5.41, 5.74) is -1.24. The minimum absolute atomic E-state index is 0.0560. The first kappa shape index (κ1) is 16.4. The molecule has 0 saturated carbocycles. The third-order valence-electron chi connectivity index (χ3n) is 3.58. The molecule has 19 heavy (non-hydrogen) atoms. The summed E-state index contributed by atoms with van der Waals surface area (Å²) in [6.45, 7) is 2.54. The van der Waals surface area contributed by atoms with Crippen molar-refractivity contribution >= 4 is 16.0 Å². The number of sulfonamides is 1. The Kier molecular flexibility index (Phi) is 5.76. The summed E-state index contributed by atoms with van der Waals surface area (Å²) in [6.07, 6.45) is 2.41. The van der Waals surface area contributed by atoms with E-state index in [0.29, 0.717) is 45.3 Å². The molecule has 0 spiro atoms. The molecule has 1 aliphatic rings. The average Bonchev–Trinajstić information content (AvgIpc) is 2.75. The van der Waals surface area contributed by atoms with Gasteiger partial charge in [-0.2, -0.15) is 4.31 Å². The van der Waals surface area contributed by atoms with Gasteiger partial charge in [0.25, 0.3) is 0 Å². The standard InChI is InChI=1S/C12H23NO5S/c1-3-6-12(11(14)15)7-4-8-13(12)19(16,17)10-5-9-18-2/h3-10H2,1-2H3,(H,14,15). The maximum Gasteiger partial charge on any atom is 0.325 e. The van der Waals surface area contributed by atoms with Gasteiger partial charge in [0.1, 0.15) is 5.54 Å². The molecule has 0 bridgehead atoms. The van der Waals surface area contributed by atoms with Crippen LogP contribution in [0.15, 0.2) is 0 Å². The van der Waals surface area contributed by atoms with E-state index in [9.17, 15) is 18.3 Å². The van der Waals surface area contributed by atoms with Crippen molar-refractivity contribution in [1.82, 2.24) is 4.31 Å². The van der Waals surface area contributed by atoms with Gasteiger partial charge in [-0.25, -0.2) is 8.42 Å². The van der Waals surface area contributed by atoms with Gasteiger partial charge < -0.3 is 9.84 Å². The van der Waals surface area contributed by atoms with Crippen LogP contribution in [0.5, 0.6) is 0 Å². The molecule has 1 unspecified atom stereocenters. The van der Waals surface area contributed by atoms with Gasteiger partial charge in [0.15, 0.2) is 0 Å². The van der Waals surface area contributed by atoms with Crippen LogP contribution in [0.3, 0.4) is 0 Å². The Labute approximate surface area is 114 Å². The summed E-state index contributed by atoms with van der Waals surface area (Å²) in [7, 11) is -2.02. The summed E-state index contributed by atoms with van der Waals surface area (Å²) in [5.74, 6) is -1.08. The molecule has 1 atom stereocenters. The van der Waals surface area contributed by atoms with Crippen LogP contribution in [-0.2, 0) is 19.6 Å². The summed E-state index contributed by atoms with van der Waals surface area (Å²) < 4.78 is 30.7. The van der Waals surface area contributed by atoms with E-state index in [1.54, 1.807) is 0 Å². The summed E-state index contributed by atoms with van der Waals surface area (Å²) in [6, 6.07) is 0. The monoisotopic (exact) mass is 293 g/mol. The summed E-state index contributed by atoms with van der Waals surface area (Å²) in [5, 5.41) is 9.47. The first-order valence-electron chi connectivity index (χ1n) is 6.63. The summed E-state index contributed by atoms with van der Waals surface area (Å²) >= 11 is 0. The van der Waals surface area contributed by atoms with Crippen molar-refractivity contribution in [3.63, 3.8) is 0 Å². The van der Waals surface area contributed by atoms with Gasteiger partial charge in [0.2, 0.25) is 10.0 Å². The topological polar surface area (TPSA) is 83.9 Å². The van der Waals surface area contributed by atoms with E-state index in [4.69, 9.17) is 4.74 Å². The lowest BCUT2D eigenvalue weighted by atomic mass is 9.92. The highest BCUT2D eigenvalue weighted by molar-refractivity contribution is 7.89. The number of carboxylic acids is 1. The second-order valence-corrected chi connectivity index (χ2v) is 6.94. The van der Waals surface area contributed by atoms with E-state index in [2.05, 4.69) is 0 Å². The van der Waals surface area contributed by atoms with E-state index < -0.39 is 21.5 Å². The number of rotatable bonds is 8. The third-order valence-corrected chi connectivity index (χ3v) is 5.59. The van der Waals surface area contributed by atoms with E-state index in [0.717, 1.165) is 0 Å². The van der Waals surface area contributed by atoms with Crippen molar-refractivity contribution in [2.24, 2.45) is 0 Å². The lowest BCUT2D eigenvalue weighted by Gasteiger charge is -2.33. The van der Waals surface area contributed by atoms with Crippen molar-refractivity contribution in [3.8, 4) is 0 Å². The second kappa shape index (κ2) is 6.67. The number of methoxy groups -OCH3 is 1. The van der Waals surface area contributed by atoms with Crippen LogP contribution >= 0.6 is 0 Å². The fraction of sp³-hybridized carbons (Fsp3) is 0.917. The second-order valence-electron chi connectivity index (χ2n) is 4.92. The molecular weight excluding hydrogens is 270 g/mol. The SMILES string of the molecule is CCCC1(C(=O)O)CCCN1S(=O)(=O)CCCOC. The maximum absolute atomic E-state index is 12.3. The Morgan fingerprint density at radius 2 is 2.16 bits per heavy atom. The fourth-order valence-corrected chi connectivity index (χ4v) is 4.64. The van der Waals surface area contributed by atoms with Crippen LogP contribution in [-0.4, -0.2) is 55.4 Å². The number of nitrogens with zero attached hydrogens (tertiary/aromatic N) is 1. The molecular formula is C12H23NO5S. The highest BCUT2D eigenvalue weighted by Crippen LogP contribution is 2.36. The number of ether oxygens (including phenoxy) is 1. The van der Waals surface area contributed by atoms with Gasteiger partial charge in [-0.05, 0) is 25.7 Å². The van der Waals surface area contributed by atoms with Gasteiger partial charge in [0, 0.05) is 20.3 Å². The Balaban J connectivity index is 2.92. The molecule has 1 aliphatic heterocycles.